The van der Waals surface area contributed by atoms with Gasteiger partial charge in [0.1, 0.15) is 6.34 Å². The average molecular weight is 261 g/mol. The molecule has 0 aromatic heterocycles. The second kappa shape index (κ2) is 6.19. The van der Waals surface area contributed by atoms with Crippen LogP contribution in [0.1, 0.15) is 29.6 Å². The molecule has 1 heterocycles. The van der Waals surface area contributed by atoms with Gasteiger partial charge in [0, 0.05) is 13.1 Å². The molecule has 6 heteroatoms. The number of carbonyl (C=O) groups is 1. The van der Waals surface area contributed by atoms with Gasteiger partial charge in [-0.05, 0) is 31.4 Å². The summed E-state index contributed by atoms with van der Waals surface area (Å²) in [6.07, 6.45) is 4.40. The predicted molar refractivity (Wildman–Crippen MR) is 75.5 cm³/mol. The number of nitrogens with zero attached hydrogens (tertiary/aromatic N) is 3. The van der Waals surface area contributed by atoms with Crippen LogP contribution in [0.4, 0.5) is 5.69 Å². The van der Waals surface area contributed by atoms with Crippen LogP contribution >= 0.6 is 0 Å². The Bertz CT molecular complexity index is 468. The van der Waals surface area contributed by atoms with Crippen LogP contribution in [0.3, 0.4) is 0 Å². The molecule has 1 amide bonds. The molecular weight excluding hydrogens is 242 g/mol. The number of anilines is 1. The van der Waals surface area contributed by atoms with Crippen molar-refractivity contribution in [2.45, 2.75) is 19.3 Å². The predicted octanol–water partition coefficient (Wildman–Crippen LogP) is 0.895. The zero-order valence-corrected chi connectivity index (χ0v) is 10.8. The summed E-state index contributed by atoms with van der Waals surface area (Å²) in [5.74, 6) is 5.76. The lowest BCUT2D eigenvalue weighted by Crippen LogP contribution is -2.37. The van der Waals surface area contributed by atoms with E-state index in [4.69, 9.17) is 11.6 Å². The Hall–Kier alpha value is -2.08. The van der Waals surface area contributed by atoms with E-state index >= 15 is 0 Å². The van der Waals surface area contributed by atoms with Gasteiger partial charge in [0.15, 0.2) is 0 Å². The lowest BCUT2D eigenvalue weighted by atomic mass is 10.1. The molecule has 0 radical (unpaired) electrons. The summed E-state index contributed by atoms with van der Waals surface area (Å²) < 4.78 is 0. The lowest BCUT2D eigenvalue weighted by molar-refractivity contribution is 0.0725. The van der Waals surface area contributed by atoms with Crippen molar-refractivity contribution in [2.24, 2.45) is 16.7 Å². The van der Waals surface area contributed by atoms with Crippen molar-refractivity contribution in [3.05, 3.63) is 29.8 Å². The van der Waals surface area contributed by atoms with E-state index in [9.17, 15) is 4.79 Å². The molecule has 0 bridgehead atoms. The molecule has 0 saturated carbocycles. The standard InChI is InChI=1S/C13H19N5O/c14-10-16-18(15)12-7-3-2-6-11(12)13(19)17-8-4-1-5-9-17/h2-3,6-7,10H,1,4-5,8-9,15H2,(H2,14,16). The first-order valence-electron chi connectivity index (χ1n) is 6.41. The van der Waals surface area contributed by atoms with Crippen LogP contribution in [0, 0.1) is 0 Å². The van der Waals surface area contributed by atoms with Gasteiger partial charge in [-0.2, -0.15) is 5.12 Å². The maximum absolute atomic E-state index is 12.5. The Morgan fingerprint density at radius 3 is 2.63 bits per heavy atom. The zero-order chi connectivity index (χ0) is 13.7. The summed E-state index contributed by atoms with van der Waals surface area (Å²) in [5.41, 5.74) is 6.34. The van der Waals surface area contributed by atoms with Gasteiger partial charge < -0.3 is 10.6 Å². The fourth-order valence-electron chi connectivity index (χ4n) is 2.26. The molecule has 1 aromatic rings. The third-order valence-corrected chi connectivity index (χ3v) is 3.22. The smallest absolute Gasteiger partial charge is 0.256 e. The molecular formula is C13H19N5O. The van der Waals surface area contributed by atoms with Crippen molar-refractivity contribution in [1.82, 2.24) is 4.90 Å². The number of para-hydroxylation sites is 1. The third-order valence-electron chi connectivity index (χ3n) is 3.22. The Morgan fingerprint density at radius 2 is 1.95 bits per heavy atom. The first-order chi connectivity index (χ1) is 9.24. The molecule has 1 aliphatic heterocycles. The SMILES string of the molecule is N/C=N\N(N)c1ccccc1C(=O)N1CCCCC1. The maximum atomic E-state index is 12.5. The normalized spacial score (nSPS) is 15.7. The molecule has 19 heavy (non-hydrogen) atoms. The van der Waals surface area contributed by atoms with Crippen molar-refractivity contribution >= 4 is 17.9 Å². The van der Waals surface area contributed by atoms with E-state index in [1.165, 1.54) is 6.42 Å². The van der Waals surface area contributed by atoms with Gasteiger partial charge >= 0.3 is 0 Å². The highest BCUT2D eigenvalue weighted by Crippen LogP contribution is 2.21. The molecule has 1 saturated heterocycles. The fourth-order valence-corrected chi connectivity index (χ4v) is 2.26. The summed E-state index contributed by atoms with van der Waals surface area (Å²) >= 11 is 0. The van der Waals surface area contributed by atoms with Gasteiger partial charge in [0.05, 0.1) is 11.3 Å². The number of rotatable bonds is 3. The van der Waals surface area contributed by atoms with Crippen molar-refractivity contribution in [3.63, 3.8) is 0 Å². The van der Waals surface area contributed by atoms with E-state index in [0.29, 0.717) is 11.3 Å². The summed E-state index contributed by atoms with van der Waals surface area (Å²) in [4.78, 5) is 14.4. The Labute approximate surface area is 112 Å². The number of piperidine rings is 1. The van der Waals surface area contributed by atoms with Gasteiger partial charge in [0.2, 0.25) is 0 Å². The third kappa shape index (κ3) is 3.03. The lowest BCUT2D eigenvalue weighted by Gasteiger charge is -2.28. The minimum Gasteiger partial charge on any atom is -0.388 e. The summed E-state index contributed by atoms with van der Waals surface area (Å²) in [7, 11) is 0. The van der Waals surface area contributed by atoms with Gasteiger partial charge in [-0.3, -0.25) is 4.79 Å². The summed E-state index contributed by atoms with van der Waals surface area (Å²) in [5, 5.41) is 4.90. The molecule has 0 aliphatic carbocycles. The van der Waals surface area contributed by atoms with E-state index < -0.39 is 0 Å². The van der Waals surface area contributed by atoms with E-state index in [1.807, 2.05) is 17.0 Å². The van der Waals surface area contributed by atoms with E-state index in [-0.39, 0.29) is 5.91 Å². The fraction of sp³-hybridized carbons (Fsp3) is 0.385. The Balaban J connectivity index is 2.25. The molecule has 0 unspecified atom stereocenters. The molecule has 1 aromatic carbocycles. The Kier molecular flexibility index (Phi) is 4.35. The molecule has 4 N–H and O–H groups in total. The quantitative estimate of drug-likeness (QED) is 0.366. The van der Waals surface area contributed by atoms with Gasteiger partial charge in [-0.15, -0.1) is 5.10 Å². The van der Waals surface area contributed by atoms with Crippen LogP contribution in [0.15, 0.2) is 29.4 Å². The number of amides is 1. The molecule has 1 aliphatic rings. The number of hydrazine groups is 1. The van der Waals surface area contributed by atoms with E-state index in [0.717, 1.165) is 37.4 Å². The molecule has 1 fully saturated rings. The molecule has 0 spiro atoms. The zero-order valence-electron chi connectivity index (χ0n) is 10.8. The minimum absolute atomic E-state index is 0.00188. The van der Waals surface area contributed by atoms with Crippen molar-refractivity contribution < 1.29 is 4.79 Å². The number of benzene rings is 1. The molecule has 2 rings (SSSR count). The first kappa shape index (κ1) is 13.4. The summed E-state index contributed by atoms with van der Waals surface area (Å²) in [6, 6.07) is 7.15. The largest absolute Gasteiger partial charge is 0.388 e. The maximum Gasteiger partial charge on any atom is 0.256 e. The van der Waals surface area contributed by atoms with Gasteiger partial charge in [-0.1, -0.05) is 12.1 Å². The van der Waals surface area contributed by atoms with E-state index in [2.05, 4.69) is 5.10 Å². The second-order valence-electron chi connectivity index (χ2n) is 4.48. The number of hydrogen-bond donors (Lipinski definition) is 2. The number of hydrazone groups is 1. The highest BCUT2D eigenvalue weighted by molar-refractivity contribution is 5.99. The van der Waals surface area contributed by atoms with Crippen LogP contribution in [-0.4, -0.2) is 30.2 Å². The number of hydrogen-bond acceptors (Lipinski definition) is 4. The number of nitrogens with two attached hydrogens (primary N) is 2. The average Bonchev–Trinajstić information content (AvgIpc) is 2.47. The highest BCUT2D eigenvalue weighted by Gasteiger charge is 2.21. The summed E-state index contributed by atoms with van der Waals surface area (Å²) in [6.45, 7) is 1.61. The number of likely N-dealkylation sites (tertiary alicyclic amines) is 1. The van der Waals surface area contributed by atoms with Crippen LogP contribution in [0.5, 0.6) is 0 Å². The highest BCUT2D eigenvalue weighted by atomic mass is 16.2. The van der Waals surface area contributed by atoms with Crippen LogP contribution in [0.2, 0.25) is 0 Å². The van der Waals surface area contributed by atoms with Crippen molar-refractivity contribution in [3.8, 4) is 0 Å². The van der Waals surface area contributed by atoms with Crippen LogP contribution < -0.4 is 16.7 Å². The minimum atomic E-state index is -0.00188. The van der Waals surface area contributed by atoms with Gasteiger partial charge in [0.25, 0.3) is 5.91 Å². The Morgan fingerprint density at radius 1 is 1.26 bits per heavy atom. The first-order valence-corrected chi connectivity index (χ1v) is 6.41. The molecule has 0 atom stereocenters. The molecule has 102 valence electrons. The van der Waals surface area contributed by atoms with E-state index in [1.54, 1.807) is 12.1 Å². The molecule has 6 nitrogen and oxygen atoms in total. The van der Waals surface area contributed by atoms with Crippen LogP contribution in [-0.2, 0) is 0 Å². The monoisotopic (exact) mass is 261 g/mol. The topological polar surface area (TPSA) is 88.0 Å². The van der Waals surface area contributed by atoms with Crippen molar-refractivity contribution in [1.29, 1.82) is 0 Å². The van der Waals surface area contributed by atoms with Crippen LogP contribution in [0.25, 0.3) is 0 Å². The number of carbonyl (C=O) groups excluding carboxylic acids is 1. The van der Waals surface area contributed by atoms with Gasteiger partial charge in [-0.25, -0.2) is 5.84 Å². The second-order valence-corrected chi connectivity index (χ2v) is 4.48. The van der Waals surface area contributed by atoms with Crippen molar-refractivity contribution in [2.75, 3.05) is 18.2 Å².